The van der Waals surface area contributed by atoms with E-state index in [0.29, 0.717) is 13.1 Å². The van der Waals surface area contributed by atoms with Gasteiger partial charge < -0.3 is 0 Å². The van der Waals surface area contributed by atoms with E-state index >= 15 is 0 Å². The number of aromatic nitrogens is 1. The molecule has 0 unspecified atom stereocenters. The third-order valence-corrected chi connectivity index (χ3v) is 6.73. The van der Waals surface area contributed by atoms with Crippen molar-refractivity contribution >= 4 is 44.7 Å². The SMILES string of the molecule is O=S(=O)(c1cnc(Cl)s1)N1CCCSCC1. The van der Waals surface area contributed by atoms with Crippen LogP contribution in [0.3, 0.4) is 0 Å². The van der Waals surface area contributed by atoms with Gasteiger partial charge >= 0.3 is 0 Å². The van der Waals surface area contributed by atoms with Crippen LogP contribution in [-0.4, -0.2) is 42.3 Å². The van der Waals surface area contributed by atoms with E-state index in [9.17, 15) is 8.42 Å². The molecule has 0 aromatic carbocycles. The highest BCUT2D eigenvalue weighted by Crippen LogP contribution is 2.26. The molecule has 1 aliphatic heterocycles. The van der Waals surface area contributed by atoms with Gasteiger partial charge in [-0.2, -0.15) is 16.1 Å². The number of sulfonamides is 1. The monoisotopic (exact) mass is 298 g/mol. The topological polar surface area (TPSA) is 50.3 Å². The van der Waals surface area contributed by atoms with E-state index in [4.69, 9.17) is 11.6 Å². The van der Waals surface area contributed by atoms with Crippen LogP contribution in [-0.2, 0) is 10.0 Å². The molecule has 0 saturated carbocycles. The highest BCUT2D eigenvalue weighted by molar-refractivity contribution is 7.99. The Balaban J connectivity index is 2.23. The van der Waals surface area contributed by atoms with Gasteiger partial charge in [-0.3, -0.25) is 0 Å². The molecule has 0 aliphatic carbocycles. The van der Waals surface area contributed by atoms with Crippen molar-refractivity contribution in [1.82, 2.24) is 9.29 Å². The van der Waals surface area contributed by atoms with Crippen LogP contribution in [0.25, 0.3) is 0 Å². The minimum atomic E-state index is -3.37. The van der Waals surface area contributed by atoms with Crippen molar-refractivity contribution in [2.45, 2.75) is 10.6 Å². The van der Waals surface area contributed by atoms with Gasteiger partial charge in [-0.25, -0.2) is 13.4 Å². The summed E-state index contributed by atoms with van der Waals surface area (Å²) in [6.07, 6.45) is 2.23. The van der Waals surface area contributed by atoms with Crippen LogP contribution in [0.1, 0.15) is 6.42 Å². The Labute approximate surface area is 108 Å². The Bertz CT molecular complexity index is 452. The van der Waals surface area contributed by atoms with Gasteiger partial charge in [0.1, 0.15) is 0 Å². The lowest BCUT2D eigenvalue weighted by Crippen LogP contribution is -2.32. The maximum atomic E-state index is 12.2. The molecular weight excluding hydrogens is 288 g/mol. The van der Waals surface area contributed by atoms with Gasteiger partial charge in [0, 0.05) is 18.8 Å². The molecule has 90 valence electrons. The Morgan fingerprint density at radius 2 is 2.19 bits per heavy atom. The molecule has 1 aromatic heterocycles. The minimum Gasteiger partial charge on any atom is -0.232 e. The molecule has 0 bridgehead atoms. The molecule has 1 saturated heterocycles. The van der Waals surface area contributed by atoms with Gasteiger partial charge in [-0.05, 0) is 12.2 Å². The van der Waals surface area contributed by atoms with Crippen LogP contribution >= 0.6 is 34.7 Å². The lowest BCUT2D eigenvalue weighted by molar-refractivity contribution is 0.436. The average Bonchev–Trinajstić information content (AvgIpc) is 2.54. The normalized spacial score (nSPS) is 19.6. The summed E-state index contributed by atoms with van der Waals surface area (Å²) in [5, 5.41) is 0. The third kappa shape index (κ3) is 2.70. The molecule has 0 amide bonds. The van der Waals surface area contributed by atoms with Crippen molar-refractivity contribution in [3.63, 3.8) is 0 Å². The van der Waals surface area contributed by atoms with Crippen molar-refractivity contribution in [1.29, 1.82) is 0 Å². The second-order valence-electron chi connectivity index (χ2n) is 3.30. The van der Waals surface area contributed by atoms with Crippen LogP contribution < -0.4 is 0 Å². The van der Waals surface area contributed by atoms with Crippen LogP contribution in [0.2, 0.25) is 4.47 Å². The summed E-state index contributed by atoms with van der Waals surface area (Å²) in [7, 11) is -3.37. The van der Waals surface area contributed by atoms with Gasteiger partial charge in [0.15, 0.2) is 8.68 Å². The molecule has 2 rings (SSSR count). The summed E-state index contributed by atoms with van der Waals surface area (Å²) in [6.45, 7) is 1.16. The first kappa shape index (κ1) is 12.6. The Morgan fingerprint density at radius 3 is 2.88 bits per heavy atom. The minimum absolute atomic E-state index is 0.240. The zero-order chi connectivity index (χ0) is 11.6. The Kier molecular flexibility index (Phi) is 4.12. The number of nitrogens with zero attached hydrogens (tertiary/aromatic N) is 2. The fourth-order valence-corrected chi connectivity index (χ4v) is 5.38. The van der Waals surface area contributed by atoms with Crippen molar-refractivity contribution in [3.05, 3.63) is 10.7 Å². The first-order chi connectivity index (χ1) is 7.60. The lowest BCUT2D eigenvalue weighted by Gasteiger charge is -2.17. The van der Waals surface area contributed by atoms with Crippen LogP contribution in [0.5, 0.6) is 0 Å². The van der Waals surface area contributed by atoms with E-state index in [-0.39, 0.29) is 8.68 Å². The molecule has 1 aliphatic rings. The summed E-state index contributed by atoms with van der Waals surface area (Å²) in [4.78, 5) is 3.77. The highest BCUT2D eigenvalue weighted by Gasteiger charge is 2.27. The predicted molar refractivity (Wildman–Crippen MR) is 67.8 cm³/mol. The van der Waals surface area contributed by atoms with Gasteiger partial charge in [-0.1, -0.05) is 22.9 Å². The lowest BCUT2D eigenvalue weighted by atomic mass is 10.5. The van der Waals surface area contributed by atoms with Crippen molar-refractivity contribution in [2.75, 3.05) is 24.6 Å². The van der Waals surface area contributed by atoms with Gasteiger partial charge in [0.05, 0.1) is 6.20 Å². The molecule has 8 heteroatoms. The zero-order valence-corrected chi connectivity index (χ0v) is 11.6. The zero-order valence-electron chi connectivity index (χ0n) is 8.43. The fourth-order valence-electron chi connectivity index (χ4n) is 1.45. The number of hydrogen-bond acceptors (Lipinski definition) is 5. The van der Waals surface area contributed by atoms with E-state index in [1.54, 1.807) is 11.8 Å². The molecule has 0 N–H and O–H groups in total. The van der Waals surface area contributed by atoms with Crippen LogP contribution in [0.15, 0.2) is 10.4 Å². The van der Waals surface area contributed by atoms with Crippen LogP contribution in [0, 0.1) is 0 Å². The molecule has 16 heavy (non-hydrogen) atoms. The number of thiazole rings is 1. The van der Waals surface area contributed by atoms with Gasteiger partial charge in [0.25, 0.3) is 10.0 Å². The fraction of sp³-hybridized carbons (Fsp3) is 0.625. The van der Waals surface area contributed by atoms with Gasteiger partial charge in [-0.15, -0.1) is 0 Å². The molecule has 0 spiro atoms. The highest BCUT2D eigenvalue weighted by atomic mass is 35.5. The van der Waals surface area contributed by atoms with Crippen molar-refractivity contribution in [3.8, 4) is 0 Å². The molecule has 2 heterocycles. The molecule has 1 aromatic rings. The maximum absolute atomic E-state index is 12.2. The second-order valence-corrected chi connectivity index (χ2v) is 8.30. The quantitative estimate of drug-likeness (QED) is 0.837. The first-order valence-corrected chi connectivity index (χ1v) is 8.59. The van der Waals surface area contributed by atoms with Crippen LogP contribution in [0.4, 0.5) is 0 Å². The van der Waals surface area contributed by atoms with E-state index in [2.05, 4.69) is 4.98 Å². The number of rotatable bonds is 2. The summed E-state index contributed by atoms with van der Waals surface area (Å²) < 4.78 is 26.4. The third-order valence-electron chi connectivity index (χ3n) is 2.23. The Hall–Kier alpha value is 0.180. The standard InChI is InChI=1S/C8H11ClN2O2S3/c9-8-10-6-7(15-8)16(12,13)11-2-1-4-14-5-3-11/h6H,1-5H2. The Morgan fingerprint density at radius 1 is 1.38 bits per heavy atom. The van der Waals surface area contributed by atoms with E-state index in [1.807, 2.05) is 0 Å². The van der Waals surface area contributed by atoms with Crippen molar-refractivity contribution < 1.29 is 8.42 Å². The maximum Gasteiger partial charge on any atom is 0.254 e. The predicted octanol–water partition coefficient (Wildman–Crippen LogP) is 1.92. The summed E-state index contributed by atoms with van der Waals surface area (Å²) in [5.41, 5.74) is 0. The van der Waals surface area contributed by atoms with Gasteiger partial charge in [0.2, 0.25) is 0 Å². The molecule has 1 fully saturated rings. The molecule has 4 nitrogen and oxygen atoms in total. The largest absolute Gasteiger partial charge is 0.254 e. The van der Waals surface area contributed by atoms with E-state index in [1.165, 1.54) is 10.5 Å². The summed E-state index contributed by atoms with van der Waals surface area (Å²) in [5.74, 6) is 1.88. The first-order valence-electron chi connectivity index (χ1n) is 4.80. The summed E-state index contributed by atoms with van der Waals surface area (Å²) in [6, 6.07) is 0. The number of halogens is 1. The molecule has 0 atom stereocenters. The number of thioether (sulfide) groups is 1. The second kappa shape index (κ2) is 5.22. The van der Waals surface area contributed by atoms with Crippen molar-refractivity contribution in [2.24, 2.45) is 0 Å². The summed E-state index contributed by atoms with van der Waals surface area (Å²) >= 11 is 8.46. The molecular formula is C8H11ClN2O2S3. The van der Waals surface area contributed by atoms with E-state index in [0.717, 1.165) is 29.3 Å². The smallest absolute Gasteiger partial charge is 0.232 e. The van der Waals surface area contributed by atoms with E-state index < -0.39 is 10.0 Å². The number of hydrogen-bond donors (Lipinski definition) is 0. The molecule has 0 radical (unpaired) electrons. The average molecular weight is 299 g/mol.